The van der Waals surface area contributed by atoms with E-state index in [1.807, 2.05) is 21.3 Å². The number of aliphatic hydroxyl groups excluding tert-OH is 5. The Kier molecular flexibility index (Phi) is 48.1. The molecule has 51 heteroatoms. The van der Waals surface area contributed by atoms with Gasteiger partial charge in [-0.2, -0.15) is 0 Å². The Morgan fingerprint density at radius 2 is 0.786 bits per heavy atom. The summed E-state index contributed by atoms with van der Waals surface area (Å²) in [6.45, 7) is 6.54. The van der Waals surface area contributed by atoms with Crippen LogP contribution in [0.4, 0.5) is 0 Å². The molecule has 2 aliphatic rings. The molecule has 0 spiro atoms. The topological polar surface area (TPSA) is 817 Å². The van der Waals surface area contributed by atoms with Crippen LogP contribution in [0.15, 0.2) is 30.3 Å². The monoisotopic (exact) mass is 1860 g/mol. The van der Waals surface area contributed by atoms with Crippen LogP contribution < -0.4 is 91.2 Å². The Bertz CT molecular complexity index is 4180. The van der Waals surface area contributed by atoms with Crippen LogP contribution >= 0.6 is 0 Å². The van der Waals surface area contributed by atoms with Gasteiger partial charge in [0.15, 0.2) is 0 Å². The van der Waals surface area contributed by atoms with Crippen molar-refractivity contribution in [1.29, 1.82) is 0 Å². The van der Waals surface area contributed by atoms with E-state index in [0.29, 0.717) is 31.2 Å². The average molecular weight is 1860 g/mol. The number of carboxylic acid groups (broad SMARTS) is 5. The molecule has 3 rings (SSSR count). The second kappa shape index (κ2) is 56.0. The number of hydrogen-bond acceptors (Lipinski definition) is 29. The molecule has 1 aromatic rings. The lowest BCUT2D eigenvalue weighted by Crippen LogP contribution is -2.62. The molecule has 131 heavy (non-hydrogen) atoms. The predicted molar refractivity (Wildman–Crippen MR) is 451 cm³/mol. The first-order chi connectivity index (χ1) is 61.6. The third-order valence-corrected chi connectivity index (χ3v) is 21.4. The fraction of sp³-hybridized carbons (Fsp3) is 0.650. The Morgan fingerprint density at radius 1 is 0.405 bits per heavy atom. The number of carbonyl (C=O) groups is 22. The minimum atomic E-state index is -2.16. The summed E-state index contributed by atoms with van der Waals surface area (Å²) in [6, 6.07) is -22.3. The maximum atomic E-state index is 14.3. The zero-order valence-corrected chi connectivity index (χ0v) is 73.8. The number of carboxylic acids is 5. The van der Waals surface area contributed by atoms with Gasteiger partial charge in [0.25, 0.3) is 0 Å². The second-order valence-corrected chi connectivity index (χ2v) is 32.1. The number of nitrogens with zero attached hydrogens (tertiary/aromatic N) is 2. The molecule has 29 N–H and O–H groups in total. The molecule has 2 fully saturated rings. The predicted octanol–water partition coefficient (Wildman–Crippen LogP) is -10.9. The molecule has 0 unspecified atom stereocenters. The first kappa shape index (κ1) is 112. The molecule has 0 aliphatic carbocycles. The number of aliphatic carboxylic acids is 5. The van der Waals surface area contributed by atoms with Gasteiger partial charge < -0.3 is 152 Å². The quantitative estimate of drug-likeness (QED) is 0.0269. The van der Waals surface area contributed by atoms with Crippen LogP contribution in [0.25, 0.3) is 0 Å². The van der Waals surface area contributed by atoms with Crippen molar-refractivity contribution in [3.8, 4) is 0 Å². The van der Waals surface area contributed by atoms with E-state index in [4.69, 9.17) is 11.5 Å². The summed E-state index contributed by atoms with van der Waals surface area (Å²) in [6.07, 6.45) is -5.36. The molecule has 0 bridgehead atoms. The van der Waals surface area contributed by atoms with Crippen LogP contribution in [-0.4, -0.2) is 353 Å². The molecular formula is C80H125N19O32. The van der Waals surface area contributed by atoms with E-state index >= 15 is 0 Å². The standard InChI is InChI=1S/C80H125N19O32/c1-9-38(5)61(96-75(125)55-22-17-25-99(55)79(129)44(20-14-15-23-81)85-65(115)43(82)33-100)76(126)83-32-56(105)98-24-16-21-54(98)74(124)90-49(30-59(110)111)69(119)88-47(28-57(106)107)66(116)84-40(7)64(114)95-62(39(6)10-2)77(127)91-50(31-60(112)113)70(120)86-45(26-37(3)4)67(117)92-52(35-102)73(123)93-51(34-101)72(122)89-48(29-58(108)109)68(118)87-46(27-42-18-12-11-13-19-42)71(121)97-63(41(8)104)78(128)94-53(36-103)80(130)131/h11-13,18-19,37-41,43-55,61-63,100-104H,9-10,14-17,20-36,81-82H2,1-8H3,(H,83,126)(H,84,116)(H,85,115)(H,86,120)(H,87,118)(H,88,119)(H,89,122)(H,90,124)(H,91,127)(H,92,117)(H,93,123)(H,94,128)(H,95,114)(H,96,125)(H,97,121)(H,106,107)(H,108,109)(H,110,111)(H,112,113)(H,130,131)/t38-,39-,40-,41+,43-,44-,45-,46-,47-,48-,49-,50-,51-,52-,53-,54-,55-,61-,62-,63-/m0/s1. The highest BCUT2D eigenvalue weighted by Crippen LogP contribution is 2.23. The van der Waals surface area contributed by atoms with Crippen molar-refractivity contribution in [1.82, 2.24) is 89.6 Å². The lowest BCUT2D eigenvalue weighted by Gasteiger charge is -2.31. The molecule has 2 heterocycles. The van der Waals surface area contributed by atoms with Crippen molar-refractivity contribution in [3.63, 3.8) is 0 Å². The highest BCUT2D eigenvalue weighted by Gasteiger charge is 2.44. The molecule has 732 valence electrons. The molecule has 20 atom stereocenters. The third-order valence-electron chi connectivity index (χ3n) is 21.4. The maximum Gasteiger partial charge on any atom is 0.328 e. The van der Waals surface area contributed by atoms with Gasteiger partial charge in [0, 0.05) is 19.5 Å². The van der Waals surface area contributed by atoms with E-state index in [2.05, 4.69) is 58.5 Å². The van der Waals surface area contributed by atoms with Crippen molar-refractivity contribution in [2.45, 2.75) is 261 Å². The fourth-order valence-corrected chi connectivity index (χ4v) is 13.6. The number of unbranched alkanes of at least 4 members (excludes halogenated alkanes) is 1. The highest BCUT2D eigenvalue weighted by atomic mass is 16.4. The van der Waals surface area contributed by atoms with Gasteiger partial charge in [0.05, 0.1) is 64.8 Å². The summed E-state index contributed by atoms with van der Waals surface area (Å²) in [5.41, 5.74) is 11.7. The number of amides is 17. The van der Waals surface area contributed by atoms with E-state index in [1.165, 1.54) is 43.0 Å². The highest BCUT2D eigenvalue weighted by molar-refractivity contribution is 6.03. The summed E-state index contributed by atoms with van der Waals surface area (Å²) in [5, 5.41) is 132. The van der Waals surface area contributed by atoms with Gasteiger partial charge in [0.2, 0.25) is 100 Å². The van der Waals surface area contributed by atoms with Crippen LogP contribution in [0.3, 0.4) is 0 Å². The third kappa shape index (κ3) is 37.0. The number of nitrogens with one attached hydrogen (secondary N) is 15. The number of likely N-dealkylation sites (tertiary alicyclic amines) is 2. The molecule has 2 aliphatic heterocycles. The molecule has 17 amide bonds. The van der Waals surface area contributed by atoms with Gasteiger partial charge >= 0.3 is 29.8 Å². The van der Waals surface area contributed by atoms with Crippen LogP contribution in [0.5, 0.6) is 0 Å². The number of hydrogen-bond donors (Lipinski definition) is 27. The Morgan fingerprint density at radius 3 is 1.24 bits per heavy atom. The van der Waals surface area contributed by atoms with Crippen LogP contribution in [0.2, 0.25) is 0 Å². The van der Waals surface area contributed by atoms with Crippen LogP contribution in [-0.2, 0) is 112 Å². The van der Waals surface area contributed by atoms with Gasteiger partial charge in [-0.25, -0.2) is 4.79 Å². The van der Waals surface area contributed by atoms with E-state index < -0.39 is 322 Å². The van der Waals surface area contributed by atoms with Crippen molar-refractivity contribution < 1.29 is 157 Å². The second-order valence-electron chi connectivity index (χ2n) is 32.1. The van der Waals surface area contributed by atoms with Gasteiger partial charge in [-0.3, -0.25) is 101 Å². The van der Waals surface area contributed by atoms with E-state index in [-0.39, 0.29) is 58.2 Å². The largest absolute Gasteiger partial charge is 0.481 e. The van der Waals surface area contributed by atoms with Gasteiger partial charge in [0.1, 0.15) is 103 Å². The molecule has 0 saturated carbocycles. The molecule has 0 aromatic heterocycles. The molecule has 2 saturated heterocycles. The molecule has 0 radical (unpaired) electrons. The number of rotatable bonds is 58. The SMILES string of the molecule is CC[C@H](C)[C@H](NC(=O)[C@H](C)NC(=O)[C@H](CC(=O)O)NC(=O)[C@H](CC(=O)O)NC(=O)[C@@H]1CCCN1C(=O)CNC(=O)[C@@H](NC(=O)[C@@H]1CCCN1C(=O)[C@H](CCCCN)NC(=O)[C@@H](N)CO)[C@@H](C)CC)C(=O)N[C@@H](CC(=O)O)C(=O)N[C@@H](CC(C)C)C(=O)N[C@@H](CO)C(=O)N[C@@H](CO)C(=O)N[C@@H](CC(=O)O)C(=O)N[C@@H](Cc1ccccc1)C(=O)N[C@H](C(=O)N[C@@H](CO)C(=O)O)[C@@H](C)O. The molecule has 1 aromatic carbocycles. The number of benzene rings is 1. The smallest absolute Gasteiger partial charge is 0.328 e. The minimum Gasteiger partial charge on any atom is -0.481 e. The van der Waals surface area contributed by atoms with E-state index in [9.17, 15) is 157 Å². The summed E-state index contributed by atoms with van der Waals surface area (Å²) < 4.78 is 0. The van der Waals surface area contributed by atoms with Crippen molar-refractivity contribution in [3.05, 3.63) is 35.9 Å². The lowest BCUT2D eigenvalue weighted by molar-refractivity contribution is -0.144. The number of aliphatic hydroxyl groups is 5. The first-order valence-electron chi connectivity index (χ1n) is 42.5. The number of carbonyl (C=O) groups excluding carboxylic acids is 17. The van der Waals surface area contributed by atoms with Crippen molar-refractivity contribution >= 4 is 130 Å². The minimum absolute atomic E-state index is 0.0556. The van der Waals surface area contributed by atoms with Crippen LogP contribution in [0.1, 0.15) is 151 Å². The maximum absolute atomic E-state index is 14.3. The average Bonchev–Trinajstić information content (AvgIpc) is 1.70. The van der Waals surface area contributed by atoms with Gasteiger partial charge in [-0.05, 0) is 95.1 Å². The molecule has 51 nitrogen and oxygen atoms in total. The summed E-state index contributed by atoms with van der Waals surface area (Å²) in [5.74, 6) is -30.4. The van der Waals surface area contributed by atoms with E-state index in [0.717, 1.165) is 18.7 Å². The number of nitrogens with two attached hydrogens (primary N) is 2. The Labute approximate surface area is 751 Å². The van der Waals surface area contributed by atoms with Crippen LogP contribution in [0, 0.1) is 17.8 Å². The lowest BCUT2D eigenvalue weighted by atomic mass is 9.97. The summed E-state index contributed by atoms with van der Waals surface area (Å²) in [7, 11) is 0. The van der Waals surface area contributed by atoms with Crippen molar-refractivity contribution in [2.75, 3.05) is 52.6 Å². The summed E-state index contributed by atoms with van der Waals surface area (Å²) >= 11 is 0. The zero-order chi connectivity index (χ0) is 99.0. The Balaban J connectivity index is 1.77. The van der Waals surface area contributed by atoms with Gasteiger partial charge in [-0.15, -0.1) is 0 Å². The van der Waals surface area contributed by atoms with Crippen molar-refractivity contribution in [2.24, 2.45) is 29.2 Å². The fourth-order valence-electron chi connectivity index (χ4n) is 13.6. The normalized spacial score (nSPS) is 17.6. The molecular weight excluding hydrogens is 1740 g/mol. The zero-order valence-electron chi connectivity index (χ0n) is 73.8. The van der Waals surface area contributed by atoms with E-state index in [1.54, 1.807) is 33.8 Å². The first-order valence-corrected chi connectivity index (χ1v) is 42.5. The van der Waals surface area contributed by atoms with Gasteiger partial charge in [-0.1, -0.05) is 84.7 Å². The summed E-state index contributed by atoms with van der Waals surface area (Å²) in [4.78, 5) is 298. The Hall–Kier alpha value is -12.7.